The van der Waals surface area contributed by atoms with Crippen molar-refractivity contribution in [1.82, 2.24) is 9.55 Å². The molecule has 14 heavy (non-hydrogen) atoms. The van der Waals surface area contributed by atoms with Crippen LogP contribution in [0.5, 0.6) is 0 Å². The molecule has 0 spiro atoms. The first kappa shape index (κ1) is 9.68. The van der Waals surface area contributed by atoms with Gasteiger partial charge in [-0.2, -0.15) is 0 Å². The van der Waals surface area contributed by atoms with Crippen molar-refractivity contribution >= 4 is 0 Å². The number of rotatable bonds is 3. The number of ether oxygens (including phenoxy) is 1. The molecule has 0 saturated carbocycles. The summed E-state index contributed by atoms with van der Waals surface area (Å²) in [5.74, 6) is 0. The third kappa shape index (κ3) is 2.13. The number of hydrogen-bond acceptors (Lipinski definition) is 3. The van der Waals surface area contributed by atoms with Gasteiger partial charge in [0.15, 0.2) is 0 Å². The lowest BCUT2D eigenvalue weighted by atomic mass is 10.2. The van der Waals surface area contributed by atoms with Crippen LogP contribution in [0.1, 0.15) is 25.5 Å². The van der Waals surface area contributed by atoms with E-state index < -0.39 is 0 Å². The summed E-state index contributed by atoms with van der Waals surface area (Å²) in [5.41, 5.74) is 6.43. The SMILES string of the molecule is CC1CCC(Cn2cnc(CN)c2)O1. The lowest BCUT2D eigenvalue weighted by Crippen LogP contribution is -2.15. The molecule has 1 aromatic heterocycles. The molecule has 0 amide bonds. The summed E-state index contributed by atoms with van der Waals surface area (Å²) in [6.45, 7) is 3.53. The predicted octanol–water partition coefficient (Wildman–Crippen LogP) is 0.909. The molecule has 78 valence electrons. The van der Waals surface area contributed by atoms with E-state index in [1.54, 1.807) is 0 Å². The highest BCUT2D eigenvalue weighted by Crippen LogP contribution is 2.20. The fraction of sp³-hybridized carbons (Fsp3) is 0.700. The topological polar surface area (TPSA) is 53.1 Å². The molecular formula is C10H17N3O. The van der Waals surface area contributed by atoms with Crippen LogP contribution in [0.4, 0.5) is 0 Å². The first-order chi connectivity index (χ1) is 6.78. The molecule has 1 aliphatic rings. The van der Waals surface area contributed by atoms with Gasteiger partial charge in [0.05, 0.1) is 24.2 Å². The van der Waals surface area contributed by atoms with Gasteiger partial charge >= 0.3 is 0 Å². The maximum atomic E-state index is 5.73. The van der Waals surface area contributed by atoms with E-state index in [4.69, 9.17) is 10.5 Å². The van der Waals surface area contributed by atoms with Gasteiger partial charge in [0.25, 0.3) is 0 Å². The minimum Gasteiger partial charge on any atom is -0.373 e. The largest absolute Gasteiger partial charge is 0.373 e. The number of aromatic nitrogens is 2. The minimum absolute atomic E-state index is 0.352. The Morgan fingerprint density at radius 2 is 2.50 bits per heavy atom. The van der Waals surface area contributed by atoms with Gasteiger partial charge < -0.3 is 15.0 Å². The Morgan fingerprint density at radius 1 is 1.64 bits per heavy atom. The molecule has 0 radical (unpaired) electrons. The van der Waals surface area contributed by atoms with Crippen molar-refractivity contribution in [2.45, 2.75) is 45.1 Å². The van der Waals surface area contributed by atoms with Crippen LogP contribution in [0.25, 0.3) is 0 Å². The van der Waals surface area contributed by atoms with Crippen LogP contribution in [0.15, 0.2) is 12.5 Å². The highest BCUT2D eigenvalue weighted by atomic mass is 16.5. The summed E-state index contributed by atoms with van der Waals surface area (Å²) < 4.78 is 7.79. The standard InChI is InChI=1S/C10H17N3O/c1-8-2-3-10(14-8)6-13-5-9(4-11)12-7-13/h5,7-8,10H,2-4,6,11H2,1H3. The van der Waals surface area contributed by atoms with Gasteiger partial charge in [-0.15, -0.1) is 0 Å². The molecule has 1 aliphatic heterocycles. The normalized spacial score (nSPS) is 27.0. The van der Waals surface area contributed by atoms with E-state index >= 15 is 0 Å². The van der Waals surface area contributed by atoms with E-state index in [-0.39, 0.29) is 0 Å². The Labute approximate surface area is 84.1 Å². The molecule has 4 heteroatoms. The Kier molecular flexibility index (Phi) is 2.84. The highest BCUT2D eigenvalue weighted by molar-refractivity contribution is 4.95. The lowest BCUT2D eigenvalue weighted by Gasteiger charge is -2.11. The first-order valence-corrected chi connectivity index (χ1v) is 5.14. The van der Waals surface area contributed by atoms with Crippen LogP contribution >= 0.6 is 0 Å². The van der Waals surface area contributed by atoms with E-state index in [1.165, 1.54) is 6.42 Å². The molecule has 2 N–H and O–H groups in total. The van der Waals surface area contributed by atoms with Crippen molar-refractivity contribution in [3.05, 3.63) is 18.2 Å². The number of imidazole rings is 1. The summed E-state index contributed by atoms with van der Waals surface area (Å²) in [4.78, 5) is 4.18. The van der Waals surface area contributed by atoms with Gasteiger partial charge in [-0.25, -0.2) is 4.98 Å². The Bertz CT molecular complexity index is 297. The lowest BCUT2D eigenvalue weighted by molar-refractivity contribution is 0.0458. The highest BCUT2D eigenvalue weighted by Gasteiger charge is 2.21. The maximum Gasteiger partial charge on any atom is 0.0950 e. The molecule has 2 rings (SSSR count). The molecule has 2 unspecified atom stereocenters. The van der Waals surface area contributed by atoms with E-state index in [1.807, 2.05) is 12.5 Å². The second kappa shape index (κ2) is 4.11. The number of nitrogens with two attached hydrogens (primary N) is 1. The van der Waals surface area contributed by atoms with Gasteiger partial charge in [0.1, 0.15) is 0 Å². The molecule has 1 saturated heterocycles. The van der Waals surface area contributed by atoms with Gasteiger partial charge in [-0.3, -0.25) is 0 Å². The van der Waals surface area contributed by atoms with Crippen molar-refractivity contribution in [2.75, 3.05) is 0 Å². The smallest absolute Gasteiger partial charge is 0.0950 e. The van der Waals surface area contributed by atoms with Crippen LogP contribution in [0, 0.1) is 0 Å². The second-order valence-corrected chi connectivity index (χ2v) is 3.91. The summed E-state index contributed by atoms with van der Waals surface area (Å²) in [6.07, 6.45) is 6.91. The van der Waals surface area contributed by atoms with E-state index in [0.29, 0.717) is 18.8 Å². The zero-order chi connectivity index (χ0) is 9.97. The Balaban J connectivity index is 1.90. The fourth-order valence-electron chi connectivity index (χ4n) is 1.87. The molecule has 0 aliphatic carbocycles. The summed E-state index contributed by atoms with van der Waals surface area (Å²) in [6, 6.07) is 0. The maximum absolute atomic E-state index is 5.73. The van der Waals surface area contributed by atoms with Crippen molar-refractivity contribution < 1.29 is 4.74 Å². The summed E-state index contributed by atoms with van der Waals surface area (Å²) >= 11 is 0. The zero-order valence-electron chi connectivity index (χ0n) is 8.52. The molecule has 4 nitrogen and oxygen atoms in total. The van der Waals surface area contributed by atoms with Crippen molar-refractivity contribution in [3.8, 4) is 0 Å². The minimum atomic E-state index is 0.352. The van der Waals surface area contributed by atoms with Crippen LogP contribution in [0.3, 0.4) is 0 Å². The van der Waals surface area contributed by atoms with Crippen molar-refractivity contribution in [1.29, 1.82) is 0 Å². The van der Waals surface area contributed by atoms with E-state index in [0.717, 1.165) is 18.7 Å². The van der Waals surface area contributed by atoms with Crippen LogP contribution in [-0.4, -0.2) is 21.8 Å². The third-order valence-electron chi connectivity index (χ3n) is 2.63. The van der Waals surface area contributed by atoms with Gasteiger partial charge in [0.2, 0.25) is 0 Å². The summed E-state index contributed by atoms with van der Waals surface area (Å²) in [5, 5.41) is 0. The quantitative estimate of drug-likeness (QED) is 0.780. The molecule has 2 atom stereocenters. The van der Waals surface area contributed by atoms with Gasteiger partial charge in [-0.05, 0) is 19.8 Å². The molecular weight excluding hydrogens is 178 g/mol. The monoisotopic (exact) mass is 195 g/mol. The van der Waals surface area contributed by atoms with Crippen molar-refractivity contribution in [2.24, 2.45) is 5.73 Å². The number of nitrogens with zero attached hydrogens (tertiary/aromatic N) is 2. The summed E-state index contributed by atoms with van der Waals surface area (Å²) in [7, 11) is 0. The van der Waals surface area contributed by atoms with Crippen LogP contribution < -0.4 is 5.73 Å². The Morgan fingerprint density at radius 3 is 3.07 bits per heavy atom. The average Bonchev–Trinajstić information content (AvgIpc) is 2.76. The zero-order valence-corrected chi connectivity index (χ0v) is 8.52. The van der Waals surface area contributed by atoms with Gasteiger partial charge in [-0.1, -0.05) is 0 Å². The third-order valence-corrected chi connectivity index (χ3v) is 2.63. The van der Waals surface area contributed by atoms with E-state index in [2.05, 4.69) is 16.5 Å². The van der Waals surface area contributed by atoms with Crippen LogP contribution in [-0.2, 0) is 17.8 Å². The molecule has 1 fully saturated rings. The van der Waals surface area contributed by atoms with Gasteiger partial charge in [0, 0.05) is 19.3 Å². The molecule has 1 aromatic rings. The molecule has 0 aromatic carbocycles. The molecule has 2 heterocycles. The molecule has 0 bridgehead atoms. The second-order valence-electron chi connectivity index (χ2n) is 3.91. The van der Waals surface area contributed by atoms with E-state index in [9.17, 15) is 0 Å². The van der Waals surface area contributed by atoms with Crippen LogP contribution in [0.2, 0.25) is 0 Å². The number of hydrogen-bond donors (Lipinski definition) is 1. The predicted molar refractivity (Wildman–Crippen MR) is 53.7 cm³/mol. The first-order valence-electron chi connectivity index (χ1n) is 5.14. The average molecular weight is 195 g/mol. The Hall–Kier alpha value is -0.870. The fourth-order valence-corrected chi connectivity index (χ4v) is 1.87. The van der Waals surface area contributed by atoms with Crippen molar-refractivity contribution in [3.63, 3.8) is 0 Å².